The second-order valence-electron chi connectivity index (χ2n) is 3.81. The number of aromatic nitrogens is 2. The Morgan fingerprint density at radius 2 is 2.14 bits per heavy atom. The van der Waals surface area contributed by atoms with Gasteiger partial charge in [0.25, 0.3) is 5.91 Å². The largest absolute Gasteiger partial charge is 0.305 e. The highest BCUT2D eigenvalue weighted by Gasteiger charge is 2.17. The molecule has 0 unspecified atom stereocenters. The topological polar surface area (TPSA) is 68.1 Å². The fourth-order valence-electron chi connectivity index (χ4n) is 1.64. The van der Waals surface area contributed by atoms with E-state index in [1.165, 1.54) is 12.2 Å². The quantitative estimate of drug-likeness (QED) is 0.871. The molecule has 1 amide bonds. The average Bonchev–Trinajstić information content (AvgIpc) is 2.99. The first kappa shape index (κ1) is 17.4. The van der Waals surface area contributed by atoms with Crippen molar-refractivity contribution in [2.45, 2.75) is 6.92 Å². The molecule has 0 saturated carbocycles. The van der Waals surface area contributed by atoms with Crippen LogP contribution in [0.1, 0.15) is 17.4 Å². The fraction of sp³-hybridized carbons (Fsp3) is 0.385. The summed E-state index contributed by atoms with van der Waals surface area (Å²) in [5.41, 5.74) is 3.59. The third-order valence-electron chi connectivity index (χ3n) is 2.69. The van der Waals surface area contributed by atoms with Crippen molar-refractivity contribution < 1.29 is 14.5 Å². The second-order valence-corrected chi connectivity index (χ2v) is 4.21. The SMILES string of the molecule is CCN(OC)C(=O)c1ccc(Cl)c2cncn12.CNOC. The van der Waals surface area contributed by atoms with Crippen molar-refractivity contribution in [2.75, 3.05) is 27.8 Å². The van der Waals surface area contributed by atoms with Crippen LogP contribution >= 0.6 is 11.6 Å². The van der Waals surface area contributed by atoms with Crippen molar-refractivity contribution in [1.29, 1.82) is 0 Å². The van der Waals surface area contributed by atoms with Gasteiger partial charge in [-0.2, -0.15) is 0 Å². The number of hydroxylamine groups is 3. The minimum atomic E-state index is -0.227. The van der Waals surface area contributed by atoms with Crippen molar-refractivity contribution in [1.82, 2.24) is 19.9 Å². The maximum absolute atomic E-state index is 12.1. The monoisotopic (exact) mass is 314 g/mol. The molecular weight excluding hydrogens is 296 g/mol. The Morgan fingerprint density at radius 1 is 1.48 bits per heavy atom. The van der Waals surface area contributed by atoms with Gasteiger partial charge in [-0.3, -0.25) is 14.0 Å². The Balaban J connectivity index is 0.000000491. The Bertz CT molecular complexity index is 582. The van der Waals surface area contributed by atoms with Crippen molar-refractivity contribution in [3.8, 4) is 0 Å². The molecule has 2 rings (SSSR count). The smallest absolute Gasteiger partial charge is 0.294 e. The van der Waals surface area contributed by atoms with Gasteiger partial charge in [-0.15, -0.1) is 0 Å². The number of nitrogens with zero attached hydrogens (tertiary/aromatic N) is 3. The number of imidazole rings is 1. The number of amides is 1. The molecule has 0 atom stereocenters. The molecule has 2 aromatic heterocycles. The Labute approximate surface area is 128 Å². The highest BCUT2D eigenvalue weighted by Crippen LogP contribution is 2.19. The summed E-state index contributed by atoms with van der Waals surface area (Å²) in [5.74, 6) is -0.227. The number of halogens is 1. The van der Waals surface area contributed by atoms with Crippen LogP contribution in [0, 0.1) is 0 Å². The van der Waals surface area contributed by atoms with E-state index in [1.807, 2.05) is 6.92 Å². The van der Waals surface area contributed by atoms with Crippen LogP contribution in [0.15, 0.2) is 24.7 Å². The maximum Gasteiger partial charge on any atom is 0.294 e. The van der Waals surface area contributed by atoms with Crippen LogP contribution in [0.2, 0.25) is 5.02 Å². The van der Waals surface area contributed by atoms with Gasteiger partial charge in [-0.05, 0) is 19.1 Å². The lowest BCUT2D eigenvalue weighted by atomic mass is 10.3. The summed E-state index contributed by atoms with van der Waals surface area (Å²) in [5, 5.41) is 1.82. The fourth-order valence-corrected chi connectivity index (χ4v) is 1.84. The minimum absolute atomic E-state index is 0.227. The summed E-state index contributed by atoms with van der Waals surface area (Å²) < 4.78 is 1.65. The molecule has 8 heteroatoms. The van der Waals surface area contributed by atoms with Crippen molar-refractivity contribution in [3.63, 3.8) is 0 Å². The van der Waals surface area contributed by atoms with E-state index in [-0.39, 0.29) is 5.91 Å². The van der Waals surface area contributed by atoms with Gasteiger partial charge in [-0.1, -0.05) is 11.6 Å². The first-order valence-electron chi connectivity index (χ1n) is 6.26. The van der Waals surface area contributed by atoms with E-state index in [0.717, 1.165) is 0 Å². The Kier molecular flexibility index (Phi) is 7.10. The number of pyridine rings is 1. The van der Waals surface area contributed by atoms with Crippen LogP contribution in [0.4, 0.5) is 0 Å². The van der Waals surface area contributed by atoms with E-state index in [1.54, 1.807) is 43.2 Å². The molecule has 7 nitrogen and oxygen atoms in total. The second kappa shape index (κ2) is 8.58. The zero-order valence-corrected chi connectivity index (χ0v) is 13.2. The van der Waals surface area contributed by atoms with Gasteiger partial charge in [0.1, 0.15) is 5.69 Å². The summed E-state index contributed by atoms with van der Waals surface area (Å²) in [6.07, 6.45) is 3.17. The van der Waals surface area contributed by atoms with Crippen molar-refractivity contribution in [3.05, 3.63) is 35.4 Å². The van der Waals surface area contributed by atoms with Gasteiger partial charge in [0, 0.05) is 13.6 Å². The molecule has 0 saturated heterocycles. The van der Waals surface area contributed by atoms with E-state index in [4.69, 9.17) is 16.4 Å². The molecule has 116 valence electrons. The van der Waals surface area contributed by atoms with Gasteiger partial charge >= 0.3 is 0 Å². The average molecular weight is 315 g/mol. The van der Waals surface area contributed by atoms with Crippen LogP contribution in [0.3, 0.4) is 0 Å². The molecule has 0 aliphatic rings. The van der Waals surface area contributed by atoms with Gasteiger partial charge in [0.2, 0.25) is 0 Å². The minimum Gasteiger partial charge on any atom is -0.305 e. The number of carbonyl (C=O) groups excluding carboxylic acids is 1. The molecule has 0 spiro atoms. The van der Waals surface area contributed by atoms with Crippen LogP contribution < -0.4 is 5.48 Å². The van der Waals surface area contributed by atoms with E-state index >= 15 is 0 Å². The van der Waals surface area contributed by atoms with E-state index in [9.17, 15) is 4.79 Å². The number of hydrogen-bond donors (Lipinski definition) is 1. The van der Waals surface area contributed by atoms with Crippen LogP contribution in [-0.2, 0) is 9.68 Å². The molecule has 0 bridgehead atoms. The molecule has 21 heavy (non-hydrogen) atoms. The third kappa shape index (κ3) is 4.15. The van der Waals surface area contributed by atoms with Gasteiger partial charge in [0.15, 0.2) is 0 Å². The molecule has 1 N–H and O–H groups in total. The zero-order valence-electron chi connectivity index (χ0n) is 12.5. The molecule has 0 aliphatic carbocycles. The van der Waals surface area contributed by atoms with Crippen LogP contribution in [0.5, 0.6) is 0 Å². The van der Waals surface area contributed by atoms with E-state index in [2.05, 4.69) is 15.3 Å². The molecule has 0 aliphatic heterocycles. The molecule has 2 aromatic rings. The van der Waals surface area contributed by atoms with E-state index in [0.29, 0.717) is 22.8 Å². The highest BCUT2D eigenvalue weighted by atomic mass is 35.5. The molecule has 2 heterocycles. The lowest BCUT2D eigenvalue weighted by Gasteiger charge is -2.18. The van der Waals surface area contributed by atoms with Crippen molar-refractivity contribution >= 4 is 23.0 Å². The first-order chi connectivity index (χ1) is 10.1. The summed E-state index contributed by atoms with van der Waals surface area (Å²) in [6.45, 7) is 2.30. The third-order valence-corrected chi connectivity index (χ3v) is 3.01. The Hall–Kier alpha value is -1.67. The number of carbonyl (C=O) groups is 1. The zero-order chi connectivity index (χ0) is 15.8. The number of rotatable bonds is 4. The number of nitrogens with one attached hydrogen (secondary N) is 1. The summed E-state index contributed by atoms with van der Waals surface area (Å²) in [6, 6.07) is 3.33. The van der Waals surface area contributed by atoms with Gasteiger partial charge in [0.05, 0.1) is 37.3 Å². The summed E-state index contributed by atoms with van der Waals surface area (Å²) >= 11 is 6.01. The molecule has 0 fully saturated rings. The standard InChI is InChI=1S/C11H12ClN3O2.C2H7NO/c1-3-15(17-2)11(16)9-5-4-8(12)10-6-13-7-14(9)10;1-3-4-2/h4-7H,3H2,1-2H3;3H,1-2H3. The summed E-state index contributed by atoms with van der Waals surface area (Å²) in [7, 11) is 4.74. The van der Waals surface area contributed by atoms with Crippen molar-refractivity contribution in [2.24, 2.45) is 0 Å². The number of fused-ring (bicyclic) bond motifs is 1. The van der Waals surface area contributed by atoms with Crippen LogP contribution in [0.25, 0.3) is 5.52 Å². The predicted molar refractivity (Wildman–Crippen MR) is 80.0 cm³/mol. The lowest BCUT2D eigenvalue weighted by Crippen LogP contribution is -2.31. The predicted octanol–water partition coefficient (Wildman–Crippen LogP) is 1.78. The Morgan fingerprint density at radius 3 is 2.67 bits per heavy atom. The molecular formula is C13H19ClN4O3. The first-order valence-corrected chi connectivity index (χ1v) is 6.64. The van der Waals surface area contributed by atoms with Crippen LogP contribution in [-0.4, -0.2) is 48.2 Å². The van der Waals surface area contributed by atoms with Gasteiger partial charge in [-0.25, -0.2) is 15.5 Å². The lowest BCUT2D eigenvalue weighted by molar-refractivity contribution is -0.0919. The number of hydrogen-bond acceptors (Lipinski definition) is 5. The molecule has 0 aromatic carbocycles. The van der Waals surface area contributed by atoms with E-state index < -0.39 is 0 Å². The maximum atomic E-state index is 12.1. The summed E-state index contributed by atoms with van der Waals surface area (Å²) in [4.78, 5) is 25.4. The molecule has 0 radical (unpaired) electrons. The highest BCUT2D eigenvalue weighted by molar-refractivity contribution is 6.33. The normalized spacial score (nSPS) is 10.1. The van der Waals surface area contributed by atoms with Gasteiger partial charge < -0.3 is 4.84 Å².